The Balaban J connectivity index is 1.72. The molecule has 0 atom stereocenters. The minimum absolute atomic E-state index is 0.373. The zero-order valence-corrected chi connectivity index (χ0v) is 13.5. The lowest BCUT2D eigenvalue weighted by molar-refractivity contribution is 0.209. The van der Waals surface area contributed by atoms with Gasteiger partial charge in [-0.1, -0.05) is 5.16 Å². The van der Waals surface area contributed by atoms with E-state index in [9.17, 15) is 0 Å². The number of hydrogen-bond donors (Lipinski definition) is 0. The van der Waals surface area contributed by atoms with Gasteiger partial charge in [0.05, 0.1) is 11.5 Å². The summed E-state index contributed by atoms with van der Waals surface area (Å²) in [6.07, 6.45) is 5.84. The second-order valence-electron chi connectivity index (χ2n) is 4.88. The molecule has 0 aromatic carbocycles. The summed E-state index contributed by atoms with van der Waals surface area (Å²) in [6.45, 7) is 0.483. The predicted molar refractivity (Wildman–Crippen MR) is 87.8 cm³/mol. The lowest BCUT2D eigenvalue weighted by atomic mass is 10.2. The average molecular weight is 340 g/mol. The van der Waals surface area contributed by atoms with Crippen molar-refractivity contribution in [2.45, 2.75) is 6.42 Å². The molecule has 3 aromatic heterocycles. The van der Waals surface area contributed by atoms with E-state index < -0.39 is 0 Å². The van der Waals surface area contributed by atoms with Gasteiger partial charge in [0.1, 0.15) is 17.8 Å². The molecular formula is C15H12N6O2S. The fourth-order valence-electron chi connectivity index (χ4n) is 2.27. The molecule has 3 aromatic rings. The van der Waals surface area contributed by atoms with E-state index in [0.717, 1.165) is 15.4 Å². The zero-order chi connectivity index (χ0) is 16.4. The van der Waals surface area contributed by atoms with E-state index in [-0.39, 0.29) is 0 Å². The van der Waals surface area contributed by atoms with Gasteiger partial charge >= 0.3 is 0 Å². The third-order valence-electron chi connectivity index (χ3n) is 3.34. The number of nitrogens with zero attached hydrogens (tertiary/aromatic N) is 6. The molecule has 24 heavy (non-hydrogen) atoms. The summed E-state index contributed by atoms with van der Waals surface area (Å²) in [5.41, 5.74) is 2.21. The van der Waals surface area contributed by atoms with E-state index >= 15 is 0 Å². The van der Waals surface area contributed by atoms with E-state index in [0.29, 0.717) is 36.1 Å². The van der Waals surface area contributed by atoms with Crippen molar-refractivity contribution in [3.05, 3.63) is 36.4 Å². The lowest BCUT2D eigenvalue weighted by Crippen LogP contribution is -2.20. The van der Waals surface area contributed by atoms with Crippen molar-refractivity contribution in [3.8, 4) is 27.2 Å². The van der Waals surface area contributed by atoms with Crippen LogP contribution in [0.25, 0.3) is 21.3 Å². The Morgan fingerprint density at radius 2 is 2.25 bits per heavy atom. The van der Waals surface area contributed by atoms with Crippen LogP contribution in [-0.4, -0.2) is 44.6 Å². The molecule has 1 aliphatic heterocycles. The maximum Gasteiger partial charge on any atom is 0.261 e. The molecule has 4 heterocycles. The Morgan fingerprint density at radius 1 is 1.29 bits per heavy atom. The molecule has 4 rings (SSSR count). The van der Waals surface area contributed by atoms with Gasteiger partial charge in [0.2, 0.25) is 0 Å². The zero-order valence-electron chi connectivity index (χ0n) is 12.7. The second-order valence-corrected chi connectivity index (χ2v) is 5.91. The molecule has 0 N–H and O–H groups in total. The van der Waals surface area contributed by atoms with Gasteiger partial charge in [-0.25, -0.2) is 9.97 Å². The van der Waals surface area contributed by atoms with Crippen molar-refractivity contribution < 1.29 is 9.57 Å². The number of hydrogen-bond acceptors (Lipinski definition) is 9. The summed E-state index contributed by atoms with van der Waals surface area (Å²) < 4.78 is 5.47. The van der Waals surface area contributed by atoms with E-state index in [4.69, 9.17) is 9.57 Å². The molecule has 1 aliphatic rings. The van der Waals surface area contributed by atoms with E-state index in [1.807, 2.05) is 12.1 Å². The Labute approximate surface area is 141 Å². The number of fused-ring (bicyclic) bond motifs is 1. The van der Waals surface area contributed by atoms with Gasteiger partial charge in [-0.2, -0.15) is 0 Å². The van der Waals surface area contributed by atoms with Crippen LogP contribution in [0.3, 0.4) is 0 Å². The highest BCUT2D eigenvalue weighted by Crippen LogP contribution is 2.31. The summed E-state index contributed by atoms with van der Waals surface area (Å²) >= 11 is 1.48. The molecule has 0 amide bonds. The first-order valence-corrected chi connectivity index (χ1v) is 8.01. The number of rotatable bonds is 3. The largest absolute Gasteiger partial charge is 0.475 e. The molecule has 0 bridgehead atoms. The van der Waals surface area contributed by atoms with Crippen LogP contribution in [0.2, 0.25) is 0 Å². The van der Waals surface area contributed by atoms with Crippen LogP contribution in [0.5, 0.6) is 5.88 Å². The highest BCUT2D eigenvalue weighted by Gasteiger charge is 2.23. The van der Waals surface area contributed by atoms with Crippen molar-refractivity contribution in [2.75, 3.05) is 13.7 Å². The lowest BCUT2D eigenvalue weighted by Gasteiger charge is -2.15. The van der Waals surface area contributed by atoms with Gasteiger partial charge in [0, 0.05) is 30.6 Å². The maximum atomic E-state index is 5.47. The predicted octanol–water partition coefficient (Wildman–Crippen LogP) is 2.19. The molecule has 0 saturated heterocycles. The van der Waals surface area contributed by atoms with Crippen LogP contribution < -0.4 is 4.74 Å². The number of oxime groups is 1. The standard InChI is InChI=1S/C15H12N6O2S/c1-22-21-10-4-6-23-14-12(10)18-13(19-20-14)11-8-17-15(24-11)9-3-2-5-16-7-9/h2-3,5,7-8H,4,6H2,1H3/b21-10+. The summed E-state index contributed by atoms with van der Waals surface area (Å²) in [5.74, 6) is 0.855. The quantitative estimate of drug-likeness (QED) is 0.674. The minimum Gasteiger partial charge on any atom is -0.475 e. The summed E-state index contributed by atoms with van der Waals surface area (Å²) in [4.78, 5) is 18.7. The molecule has 9 heteroatoms. The van der Waals surface area contributed by atoms with Crippen molar-refractivity contribution in [3.63, 3.8) is 0 Å². The highest BCUT2D eigenvalue weighted by molar-refractivity contribution is 7.18. The molecule has 0 saturated carbocycles. The smallest absolute Gasteiger partial charge is 0.261 e. The van der Waals surface area contributed by atoms with Crippen LogP contribution in [-0.2, 0) is 4.84 Å². The number of aromatic nitrogens is 5. The fraction of sp³-hybridized carbons (Fsp3) is 0.200. The topological polar surface area (TPSA) is 95.3 Å². The first-order valence-electron chi connectivity index (χ1n) is 7.19. The van der Waals surface area contributed by atoms with Crippen LogP contribution in [0.4, 0.5) is 0 Å². The molecule has 0 unspecified atom stereocenters. The van der Waals surface area contributed by atoms with Gasteiger partial charge in [-0.15, -0.1) is 21.5 Å². The Bertz CT molecular complexity index is 896. The van der Waals surface area contributed by atoms with E-state index in [2.05, 4.69) is 30.3 Å². The molecule has 8 nitrogen and oxygen atoms in total. The molecule has 0 radical (unpaired) electrons. The molecular weight excluding hydrogens is 328 g/mol. The normalized spacial score (nSPS) is 15.0. The summed E-state index contributed by atoms with van der Waals surface area (Å²) in [6, 6.07) is 3.83. The van der Waals surface area contributed by atoms with Gasteiger partial charge in [-0.05, 0) is 12.1 Å². The Kier molecular flexibility index (Phi) is 3.83. The minimum atomic E-state index is 0.373. The first-order chi connectivity index (χ1) is 11.8. The van der Waals surface area contributed by atoms with Crippen molar-refractivity contribution >= 4 is 17.0 Å². The van der Waals surface area contributed by atoms with Gasteiger partial charge in [0.25, 0.3) is 5.88 Å². The number of ether oxygens (including phenoxy) is 1. The fourth-order valence-corrected chi connectivity index (χ4v) is 3.10. The van der Waals surface area contributed by atoms with Crippen LogP contribution in [0.15, 0.2) is 35.9 Å². The van der Waals surface area contributed by atoms with Crippen molar-refractivity contribution in [1.29, 1.82) is 0 Å². The third-order valence-corrected chi connectivity index (χ3v) is 4.39. The van der Waals surface area contributed by atoms with Crippen LogP contribution in [0.1, 0.15) is 12.1 Å². The molecule has 0 aliphatic carbocycles. The second kappa shape index (κ2) is 6.28. The van der Waals surface area contributed by atoms with E-state index in [1.54, 1.807) is 18.6 Å². The molecule has 0 fully saturated rings. The SMILES string of the molecule is CO/N=C1\CCOc2nnc(-c3cnc(-c4cccnc4)s3)nc21. The van der Waals surface area contributed by atoms with Crippen LogP contribution in [0, 0.1) is 0 Å². The molecule has 120 valence electrons. The average Bonchev–Trinajstić information content (AvgIpc) is 3.13. The Hall–Kier alpha value is -2.94. The summed E-state index contributed by atoms with van der Waals surface area (Å²) in [7, 11) is 1.50. The number of thiazole rings is 1. The maximum absolute atomic E-state index is 5.47. The van der Waals surface area contributed by atoms with Crippen LogP contribution >= 0.6 is 11.3 Å². The van der Waals surface area contributed by atoms with Crippen molar-refractivity contribution in [2.24, 2.45) is 5.16 Å². The van der Waals surface area contributed by atoms with Gasteiger partial charge in [0.15, 0.2) is 11.5 Å². The first kappa shape index (κ1) is 14.6. The Morgan fingerprint density at radius 3 is 3.08 bits per heavy atom. The number of pyridine rings is 1. The monoisotopic (exact) mass is 340 g/mol. The van der Waals surface area contributed by atoms with E-state index in [1.165, 1.54) is 18.4 Å². The van der Waals surface area contributed by atoms with Gasteiger partial charge in [-0.3, -0.25) is 4.98 Å². The highest BCUT2D eigenvalue weighted by atomic mass is 32.1. The third kappa shape index (κ3) is 2.69. The molecule has 0 spiro atoms. The van der Waals surface area contributed by atoms with Crippen molar-refractivity contribution in [1.82, 2.24) is 25.1 Å². The summed E-state index contributed by atoms with van der Waals surface area (Å²) in [5, 5.41) is 13.1. The van der Waals surface area contributed by atoms with Gasteiger partial charge < -0.3 is 9.57 Å².